The van der Waals surface area contributed by atoms with Gasteiger partial charge in [-0.1, -0.05) is 54.6 Å². The molecule has 0 spiro atoms. The van der Waals surface area contributed by atoms with E-state index in [0.717, 1.165) is 29.0 Å². The maximum atomic E-state index is 13.4. The van der Waals surface area contributed by atoms with Gasteiger partial charge in [0.2, 0.25) is 0 Å². The SMILES string of the molecule is CCOC(=O)CCN1CC(c2ccc(F)cc2)C1c1ccc(OCc2ccccc2)cc1. The van der Waals surface area contributed by atoms with Gasteiger partial charge in [0.1, 0.15) is 18.2 Å². The number of hydrogen-bond acceptors (Lipinski definition) is 4. The fraction of sp³-hybridized carbons (Fsp3) is 0.296. The third-order valence-corrected chi connectivity index (χ3v) is 5.88. The first-order valence-electron chi connectivity index (χ1n) is 11.1. The summed E-state index contributed by atoms with van der Waals surface area (Å²) in [6.07, 6.45) is 0.360. The van der Waals surface area contributed by atoms with E-state index < -0.39 is 0 Å². The quantitative estimate of drug-likeness (QED) is 0.418. The van der Waals surface area contributed by atoms with Crippen molar-refractivity contribution in [3.63, 3.8) is 0 Å². The molecule has 1 aliphatic rings. The Kier molecular flexibility index (Phi) is 7.17. The second-order valence-electron chi connectivity index (χ2n) is 8.00. The molecule has 2 atom stereocenters. The third-order valence-electron chi connectivity index (χ3n) is 5.88. The maximum Gasteiger partial charge on any atom is 0.307 e. The summed E-state index contributed by atoms with van der Waals surface area (Å²) in [5, 5.41) is 0. The van der Waals surface area contributed by atoms with E-state index in [1.165, 1.54) is 12.1 Å². The van der Waals surface area contributed by atoms with Crippen LogP contribution in [0.25, 0.3) is 0 Å². The highest BCUT2D eigenvalue weighted by molar-refractivity contribution is 5.69. The van der Waals surface area contributed by atoms with E-state index in [2.05, 4.69) is 17.0 Å². The van der Waals surface area contributed by atoms with Crippen LogP contribution in [-0.2, 0) is 16.1 Å². The number of carbonyl (C=O) groups excluding carboxylic acids is 1. The van der Waals surface area contributed by atoms with Gasteiger partial charge in [-0.15, -0.1) is 0 Å². The molecule has 3 aromatic carbocycles. The monoisotopic (exact) mass is 433 g/mol. The van der Waals surface area contributed by atoms with Crippen molar-refractivity contribution in [1.29, 1.82) is 0 Å². The topological polar surface area (TPSA) is 38.8 Å². The van der Waals surface area contributed by atoms with Gasteiger partial charge in [0, 0.05) is 25.0 Å². The minimum absolute atomic E-state index is 0.123. The van der Waals surface area contributed by atoms with Crippen molar-refractivity contribution in [1.82, 2.24) is 4.90 Å². The molecule has 0 saturated carbocycles. The molecule has 4 nitrogen and oxygen atoms in total. The van der Waals surface area contributed by atoms with Crippen molar-refractivity contribution in [3.05, 3.63) is 101 Å². The molecule has 4 rings (SSSR count). The number of likely N-dealkylation sites (tertiary alicyclic amines) is 1. The molecular formula is C27H28FNO3. The molecular weight excluding hydrogens is 405 g/mol. The van der Waals surface area contributed by atoms with E-state index in [1.807, 2.05) is 61.5 Å². The number of hydrogen-bond donors (Lipinski definition) is 0. The average Bonchev–Trinajstić information content (AvgIpc) is 2.80. The molecule has 0 aromatic heterocycles. The first kappa shape index (κ1) is 22.0. The molecule has 3 aromatic rings. The van der Waals surface area contributed by atoms with Gasteiger partial charge in [0.15, 0.2) is 0 Å². The summed E-state index contributed by atoms with van der Waals surface area (Å²) in [7, 11) is 0. The van der Waals surface area contributed by atoms with Gasteiger partial charge in [-0.05, 0) is 47.9 Å². The molecule has 1 aliphatic heterocycles. The molecule has 0 aliphatic carbocycles. The van der Waals surface area contributed by atoms with Gasteiger partial charge in [-0.25, -0.2) is 4.39 Å². The molecule has 0 amide bonds. The van der Waals surface area contributed by atoms with Crippen molar-refractivity contribution in [2.45, 2.75) is 31.9 Å². The second kappa shape index (κ2) is 10.4. The summed E-state index contributed by atoms with van der Waals surface area (Å²) in [6, 6.07) is 25.1. The Morgan fingerprint density at radius 2 is 1.66 bits per heavy atom. The molecule has 0 N–H and O–H groups in total. The van der Waals surface area contributed by atoms with Crippen molar-refractivity contribution < 1.29 is 18.7 Å². The summed E-state index contributed by atoms with van der Waals surface area (Å²) in [4.78, 5) is 14.1. The Hall–Kier alpha value is -3.18. The van der Waals surface area contributed by atoms with Crippen LogP contribution in [0.3, 0.4) is 0 Å². The number of halogens is 1. The first-order chi connectivity index (χ1) is 15.6. The van der Waals surface area contributed by atoms with Gasteiger partial charge in [-0.2, -0.15) is 0 Å². The molecule has 5 heteroatoms. The van der Waals surface area contributed by atoms with Crippen LogP contribution in [0.2, 0.25) is 0 Å². The van der Waals surface area contributed by atoms with Crippen LogP contribution in [-0.4, -0.2) is 30.6 Å². The predicted molar refractivity (Wildman–Crippen MR) is 122 cm³/mol. The zero-order valence-electron chi connectivity index (χ0n) is 18.2. The van der Waals surface area contributed by atoms with Crippen molar-refractivity contribution in [3.8, 4) is 5.75 Å². The lowest BCUT2D eigenvalue weighted by molar-refractivity contribution is -0.144. The Morgan fingerprint density at radius 3 is 2.34 bits per heavy atom. The Balaban J connectivity index is 1.46. The molecule has 166 valence electrons. The maximum absolute atomic E-state index is 13.4. The van der Waals surface area contributed by atoms with Gasteiger partial charge < -0.3 is 9.47 Å². The van der Waals surface area contributed by atoms with E-state index >= 15 is 0 Å². The van der Waals surface area contributed by atoms with E-state index in [9.17, 15) is 9.18 Å². The van der Waals surface area contributed by atoms with Crippen LogP contribution in [0.5, 0.6) is 5.75 Å². The number of nitrogens with zero attached hydrogens (tertiary/aromatic N) is 1. The first-order valence-corrected chi connectivity index (χ1v) is 11.1. The Bertz CT molecular complexity index is 1010. The highest BCUT2D eigenvalue weighted by Gasteiger charge is 2.40. The number of carbonyl (C=O) groups is 1. The minimum Gasteiger partial charge on any atom is -0.489 e. The molecule has 1 saturated heterocycles. The second-order valence-corrected chi connectivity index (χ2v) is 8.00. The molecule has 1 heterocycles. The lowest BCUT2D eigenvalue weighted by Gasteiger charge is -2.49. The summed E-state index contributed by atoms with van der Waals surface area (Å²) in [5.41, 5.74) is 3.38. The highest BCUT2D eigenvalue weighted by atomic mass is 19.1. The molecule has 1 fully saturated rings. The fourth-order valence-corrected chi connectivity index (χ4v) is 4.22. The smallest absolute Gasteiger partial charge is 0.307 e. The summed E-state index contributed by atoms with van der Waals surface area (Å²) in [5.74, 6) is 0.645. The fourth-order valence-electron chi connectivity index (χ4n) is 4.22. The Labute approximate surface area is 188 Å². The number of rotatable bonds is 9. The lowest BCUT2D eigenvalue weighted by Crippen LogP contribution is -2.48. The van der Waals surface area contributed by atoms with E-state index in [-0.39, 0.29) is 23.7 Å². The Morgan fingerprint density at radius 1 is 0.969 bits per heavy atom. The normalized spacial score (nSPS) is 18.1. The number of esters is 1. The molecule has 2 unspecified atom stereocenters. The largest absolute Gasteiger partial charge is 0.489 e. The van der Waals surface area contributed by atoms with Gasteiger partial charge in [-0.3, -0.25) is 9.69 Å². The molecule has 0 bridgehead atoms. The van der Waals surface area contributed by atoms with E-state index in [0.29, 0.717) is 26.2 Å². The van der Waals surface area contributed by atoms with Crippen LogP contribution in [0.15, 0.2) is 78.9 Å². The summed E-state index contributed by atoms with van der Waals surface area (Å²) in [6.45, 7) is 4.18. The van der Waals surface area contributed by atoms with Crippen molar-refractivity contribution in [2.75, 3.05) is 19.7 Å². The van der Waals surface area contributed by atoms with E-state index in [1.54, 1.807) is 0 Å². The molecule has 0 radical (unpaired) electrons. The zero-order valence-corrected chi connectivity index (χ0v) is 18.2. The summed E-state index contributed by atoms with van der Waals surface area (Å²) < 4.78 is 24.4. The lowest BCUT2D eigenvalue weighted by atomic mass is 9.78. The number of benzene rings is 3. The summed E-state index contributed by atoms with van der Waals surface area (Å²) >= 11 is 0. The van der Waals surface area contributed by atoms with Crippen LogP contribution in [0.1, 0.15) is 42.0 Å². The van der Waals surface area contributed by atoms with Crippen LogP contribution in [0.4, 0.5) is 4.39 Å². The zero-order chi connectivity index (χ0) is 22.3. The van der Waals surface area contributed by atoms with Crippen LogP contribution in [0, 0.1) is 5.82 Å². The molecule has 32 heavy (non-hydrogen) atoms. The number of ether oxygens (including phenoxy) is 2. The van der Waals surface area contributed by atoms with Crippen LogP contribution >= 0.6 is 0 Å². The standard InChI is InChI=1S/C27H28FNO3/c1-2-31-26(30)16-17-29-18-25(21-8-12-23(28)13-9-21)27(29)22-10-14-24(15-11-22)32-19-20-6-4-3-5-7-20/h3-15,25,27H,2,16-19H2,1H3. The van der Waals surface area contributed by atoms with Gasteiger partial charge >= 0.3 is 5.97 Å². The van der Waals surface area contributed by atoms with Crippen LogP contribution < -0.4 is 4.74 Å². The van der Waals surface area contributed by atoms with Crippen molar-refractivity contribution in [2.24, 2.45) is 0 Å². The van der Waals surface area contributed by atoms with Crippen molar-refractivity contribution >= 4 is 5.97 Å². The predicted octanol–water partition coefficient (Wildman–Crippen LogP) is 5.50. The van der Waals surface area contributed by atoms with Gasteiger partial charge in [0.25, 0.3) is 0 Å². The third kappa shape index (κ3) is 5.35. The minimum atomic E-state index is -0.233. The highest BCUT2D eigenvalue weighted by Crippen LogP contribution is 2.45. The average molecular weight is 434 g/mol. The van der Waals surface area contributed by atoms with E-state index in [4.69, 9.17) is 9.47 Å². The van der Waals surface area contributed by atoms with Gasteiger partial charge in [0.05, 0.1) is 13.0 Å².